The van der Waals surface area contributed by atoms with Gasteiger partial charge in [-0.05, 0) is 12.1 Å². The standard InChI is InChI=1S/C6H6FNS.Zn/c7-4-2-1-3-5(8)6(4)9;/h1-3,9H,8H2;. The van der Waals surface area contributed by atoms with Crippen LogP contribution in [0.3, 0.4) is 0 Å². The normalized spacial score (nSPS) is 8.60. The van der Waals surface area contributed by atoms with Gasteiger partial charge in [0.15, 0.2) is 0 Å². The molecule has 4 heteroatoms. The molecular formula is C6H6FNSZn. The Morgan fingerprint density at radius 2 is 2.00 bits per heavy atom. The van der Waals surface area contributed by atoms with E-state index in [1.54, 1.807) is 12.1 Å². The predicted octanol–water partition coefficient (Wildman–Crippen LogP) is 1.69. The molecule has 0 aliphatic carbocycles. The molecule has 1 nitrogen and oxygen atoms in total. The molecule has 0 heterocycles. The third kappa shape index (κ3) is 1.96. The summed E-state index contributed by atoms with van der Waals surface area (Å²) in [5, 5.41) is 0. The van der Waals surface area contributed by atoms with Gasteiger partial charge in [-0.25, -0.2) is 4.39 Å². The minimum atomic E-state index is -0.377. The summed E-state index contributed by atoms with van der Waals surface area (Å²) in [5.41, 5.74) is 5.68. The molecule has 1 rings (SSSR count). The first-order chi connectivity index (χ1) is 4.22. The van der Waals surface area contributed by atoms with Gasteiger partial charge in [0.05, 0.1) is 4.90 Å². The zero-order valence-electron chi connectivity index (χ0n) is 5.34. The van der Waals surface area contributed by atoms with Crippen molar-refractivity contribution in [2.75, 3.05) is 5.73 Å². The van der Waals surface area contributed by atoms with Crippen molar-refractivity contribution in [3.05, 3.63) is 24.0 Å². The zero-order valence-corrected chi connectivity index (χ0v) is 9.20. The van der Waals surface area contributed by atoms with E-state index in [-0.39, 0.29) is 30.2 Å². The van der Waals surface area contributed by atoms with E-state index in [1.165, 1.54) is 6.07 Å². The predicted molar refractivity (Wildman–Crippen MR) is 38.1 cm³/mol. The van der Waals surface area contributed by atoms with Crippen LogP contribution in [0.5, 0.6) is 0 Å². The maximum Gasteiger partial charge on any atom is 0.138 e. The van der Waals surface area contributed by atoms with Gasteiger partial charge in [0, 0.05) is 25.2 Å². The number of halogens is 1. The number of thiol groups is 1. The summed E-state index contributed by atoms with van der Waals surface area (Å²) < 4.78 is 12.4. The number of hydrogen-bond donors (Lipinski definition) is 2. The molecule has 0 atom stereocenters. The first kappa shape index (κ1) is 9.92. The Bertz CT molecular complexity index is 209. The number of nitrogens with two attached hydrogens (primary N) is 1. The molecule has 0 aliphatic rings. The maximum atomic E-state index is 12.4. The van der Waals surface area contributed by atoms with Crippen LogP contribution in [0, 0.1) is 5.82 Å². The maximum absolute atomic E-state index is 12.4. The van der Waals surface area contributed by atoms with Crippen LogP contribution < -0.4 is 5.73 Å². The van der Waals surface area contributed by atoms with Gasteiger partial charge < -0.3 is 5.73 Å². The number of benzene rings is 1. The Labute approximate surface area is 77.0 Å². The number of nitrogen functional groups attached to an aromatic ring is 1. The summed E-state index contributed by atoms with van der Waals surface area (Å²) in [6, 6.07) is 4.47. The van der Waals surface area contributed by atoms with Crippen molar-refractivity contribution in [2.24, 2.45) is 0 Å². The fourth-order valence-corrected chi connectivity index (χ4v) is 0.681. The monoisotopic (exact) mass is 207 g/mol. The van der Waals surface area contributed by atoms with Gasteiger partial charge in [-0.1, -0.05) is 6.07 Å². The van der Waals surface area contributed by atoms with E-state index >= 15 is 0 Å². The third-order valence-electron chi connectivity index (χ3n) is 1.02. The fourth-order valence-electron chi connectivity index (χ4n) is 0.532. The van der Waals surface area contributed by atoms with E-state index in [9.17, 15) is 4.39 Å². The van der Waals surface area contributed by atoms with E-state index in [0.717, 1.165) is 0 Å². The molecule has 0 fully saturated rings. The molecule has 10 heavy (non-hydrogen) atoms. The molecule has 0 bridgehead atoms. The minimum Gasteiger partial charge on any atom is -0.398 e. The fraction of sp³-hybridized carbons (Fsp3) is 0. The van der Waals surface area contributed by atoms with Gasteiger partial charge in [-0.2, -0.15) is 0 Å². The van der Waals surface area contributed by atoms with Gasteiger partial charge in [0.25, 0.3) is 0 Å². The second kappa shape index (κ2) is 3.94. The van der Waals surface area contributed by atoms with Crippen LogP contribution in [-0.4, -0.2) is 0 Å². The van der Waals surface area contributed by atoms with Crippen molar-refractivity contribution < 1.29 is 23.9 Å². The summed E-state index contributed by atoms with van der Waals surface area (Å²) >= 11 is 3.81. The first-order valence-corrected chi connectivity index (χ1v) is 2.89. The Kier molecular flexibility index (Phi) is 3.91. The second-order valence-corrected chi connectivity index (χ2v) is 2.12. The molecule has 50 valence electrons. The van der Waals surface area contributed by atoms with Crippen molar-refractivity contribution in [3.8, 4) is 0 Å². The molecule has 0 spiro atoms. The molecule has 0 amide bonds. The van der Waals surface area contributed by atoms with Crippen molar-refractivity contribution in [1.29, 1.82) is 0 Å². The topological polar surface area (TPSA) is 26.0 Å². The first-order valence-electron chi connectivity index (χ1n) is 2.45. The minimum absolute atomic E-state index is 0. The van der Waals surface area contributed by atoms with E-state index in [0.29, 0.717) is 5.69 Å². The molecule has 0 saturated heterocycles. The summed E-state index contributed by atoms with van der Waals surface area (Å²) in [4.78, 5) is 0.220. The van der Waals surface area contributed by atoms with Crippen LogP contribution in [0.15, 0.2) is 23.1 Å². The average molecular weight is 209 g/mol. The SMILES string of the molecule is Nc1cccc(F)c1S.[Zn]. The Morgan fingerprint density at radius 3 is 2.40 bits per heavy atom. The Morgan fingerprint density at radius 1 is 1.40 bits per heavy atom. The van der Waals surface area contributed by atoms with Crippen molar-refractivity contribution >= 4 is 18.3 Å². The zero-order chi connectivity index (χ0) is 6.85. The Hall–Kier alpha value is -0.0766. The van der Waals surface area contributed by atoms with Gasteiger partial charge in [-0.15, -0.1) is 12.6 Å². The Balaban J connectivity index is 0.000000810. The number of anilines is 1. The molecule has 0 unspecified atom stereocenters. The van der Waals surface area contributed by atoms with E-state index in [4.69, 9.17) is 5.73 Å². The molecular weight excluding hydrogens is 203 g/mol. The smallest absolute Gasteiger partial charge is 0.138 e. The largest absolute Gasteiger partial charge is 0.398 e. The van der Waals surface area contributed by atoms with Crippen LogP contribution in [-0.2, 0) is 19.5 Å². The van der Waals surface area contributed by atoms with Gasteiger partial charge >= 0.3 is 0 Å². The number of hydrogen-bond acceptors (Lipinski definition) is 2. The molecule has 0 aliphatic heterocycles. The summed E-state index contributed by atoms with van der Waals surface area (Å²) in [6.45, 7) is 0. The van der Waals surface area contributed by atoms with Crippen LogP contribution in [0.4, 0.5) is 10.1 Å². The van der Waals surface area contributed by atoms with Gasteiger partial charge in [-0.3, -0.25) is 0 Å². The average Bonchev–Trinajstić information content (AvgIpc) is 1.83. The van der Waals surface area contributed by atoms with E-state index < -0.39 is 0 Å². The number of rotatable bonds is 0. The molecule has 2 N–H and O–H groups in total. The van der Waals surface area contributed by atoms with Crippen LogP contribution in [0.1, 0.15) is 0 Å². The van der Waals surface area contributed by atoms with Gasteiger partial charge in [0.2, 0.25) is 0 Å². The van der Waals surface area contributed by atoms with Crippen LogP contribution in [0.25, 0.3) is 0 Å². The molecule has 1 aromatic rings. The van der Waals surface area contributed by atoms with Gasteiger partial charge in [0.1, 0.15) is 5.82 Å². The van der Waals surface area contributed by atoms with Crippen LogP contribution >= 0.6 is 12.6 Å². The molecule has 0 aromatic heterocycles. The molecule has 0 saturated carbocycles. The van der Waals surface area contributed by atoms with Crippen molar-refractivity contribution in [2.45, 2.75) is 4.90 Å². The summed E-state index contributed by atoms with van der Waals surface area (Å²) in [7, 11) is 0. The second-order valence-electron chi connectivity index (χ2n) is 1.68. The third-order valence-corrected chi connectivity index (χ3v) is 1.49. The molecule has 1 aromatic carbocycles. The van der Waals surface area contributed by atoms with Crippen molar-refractivity contribution in [1.82, 2.24) is 0 Å². The van der Waals surface area contributed by atoms with Crippen molar-refractivity contribution in [3.63, 3.8) is 0 Å². The van der Waals surface area contributed by atoms with Crippen LogP contribution in [0.2, 0.25) is 0 Å². The van der Waals surface area contributed by atoms with E-state index in [2.05, 4.69) is 12.6 Å². The quantitative estimate of drug-likeness (QED) is 0.379. The summed E-state index contributed by atoms with van der Waals surface area (Å²) in [6.07, 6.45) is 0. The van der Waals surface area contributed by atoms with E-state index in [1.807, 2.05) is 0 Å². The molecule has 0 radical (unpaired) electrons. The summed E-state index contributed by atoms with van der Waals surface area (Å²) in [5.74, 6) is -0.377.